The minimum atomic E-state index is 0.369. The van der Waals surface area contributed by atoms with Gasteiger partial charge in [-0.1, -0.05) is 26.7 Å². The number of nitrogens with zero attached hydrogens (tertiary/aromatic N) is 2. The molecule has 0 aromatic carbocycles. The molecule has 1 aromatic rings. The summed E-state index contributed by atoms with van der Waals surface area (Å²) >= 11 is 0. The number of ether oxygens (including phenoxy) is 1. The van der Waals surface area contributed by atoms with Crippen LogP contribution in [0.5, 0.6) is 5.75 Å². The molecule has 0 amide bonds. The standard InChI is InChI=1S/C16H29N3O/c1-5-12-8-9-13(10-12)15(17-6-2)16-14(20-4)11-18-19(16)7-3/h11-13,15,17H,5-10H2,1-4H3. The van der Waals surface area contributed by atoms with Crippen LogP contribution >= 0.6 is 0 Å². The first-order chi connectivity index (χ1) is 9.74. The van der Waals surface area contributed by atoms with Gasteiger partial charge in [-0.3, -0.25) is 4.68 Å². The summed E-state index contributed by atoms with van der Waals surface area (Å²) in [7, 11) is 1.74. The van der Waals surface area contributed by atoms with E-state index in [9.17, 15) is 0 Å². The molecule has 3 unspecified atom stereocenters. The number of aryl methyl sites for hydroxylation is 1. The third-order valence-electron chi connectivity index (χ3n) is 4.71. The molecule has 1 saturated carbocycles. The minimum absolute atomic E-state index is 0.369. The lowest BCUT2D eigenvalue weighted by atomic mass is 9.93. The average molecular weight is 279 g/mol. The van der Waals surface area contributed by atoms with E-state index in [1.165, 1.54) is 31.4 Å². The second kappa shape index (κ2) is 7.11. The lowest BCUT2D eigenvalue weighted by Crippen LogP contribution is -2.29. The van der Waals surface area contributed by atoms with Gasteiger partial charge in [0, 0.05) is 6.54 Å². The summed E-state index contributed by atoms with van der Waals surface area (Å²) in [6.45, 7) is 8.51. The Morgan fingerprint density at radius 2 is 2.20 bits per heavy atom. The van der Waals surface area contributed by atoms with E-state index in [-0.39, 0.29) is 0 Å². The van der Waals surface area contributed by atoms with Crippen LogP contribution in [0.15, 0.2) is 6.20 Å². The quantitative estimate of drug-likeness (QED) is 0.831. The molecular weight excluding hydrogens is 250 g/mol. The Bertz CT molecular complexity index is 394. The highest BCUT2D eigenvalue weighted by molar-refractivity contribution is 5.29. The van der Waals surface area contributed by atoms with Gasteiger partial charge < -0.3 is 10.1 Å². The Balaban J connectivity index is 2.26. The molecule has 114 valence electrons. The van der Waals surface area contributed by atoms with Crippen LogP contribution in [-0.4, -0.2) is 23.4 Å². The van der Waals surface area contributed by atoms with Crippen molar-refractivity contribution in [2.75, 3.05) is 13.7 Å². The van der Waals surface area contributed by atoms with Crippen molar-refractivity contribution in [1.82, 2.24) is 15.1 Å². The van der Waals surface area contributed by atoms with Crippen LogP contribution in [0.1, 0.15) is 58.2 Å². The first-order valence-electron chi connectivity index (χ1n) is 8.08. The molecule has 1 heterocycles. The number of hydrogen-bond acceptors (Lipinski definition) is 3. The predicted molar refractivity (Wildman–Crippen MR) is 82.0 cm³/mol. The molecule has 0 spiro atoms. The van der Waals surface area contributed by atoms with E-state index in [0.29, 0.717) is 12.0 Å². The zero-order chi connectivity index (χ0) is 14.5. The van der Waals surface area contributed by atoms with Crippen molar-refractivity contribution in [3.8, 4) is 5.75 Å². The third-order valence-corrected chi connectivity index (χ3v) is 4.71. The molecule has 0 bridgehead atoms. The second-order valence-corrected chi connectivity index (χ2v) is 5.80. The van der Waals surface area contributed by atoms with Gasteiger partial charge in [0.25, 0.3) is 0 Å². The van der Waals surface area contributed by atoms with Crippen LogP contribution in [0.4, 0.5) is 0 Å². The summed E-state index contributed by atoms with van der Waals surface area (Å²) in [5, 5.41) is 8.15. The van der Waals surface area contributed by atoms with Crippen molar-refractivity contribution in [1.29, 1.82) is 0 Å². The molecule has 0 saturated heterocycles. The zero-order valence-corrected chi connectivity index (χ0v) is 13.4. The highest BCUT2D eigenvalue weighted by Crippen LogP contribution is 2.42. The van der Waals surface area contributed by atoms with Gasteiger partial charge in [-0.15, -0.1) is 0 Å². The van der Waals surface area contributed by atoms with E-state index in [1.807, 2.05) is 6.20 Å². The highest BCUT2D eigenvalue weighted by Gasteiger charge is 2.34. The summed E-state index contributed by atoms with van der Waals surface area (Å²) in [4.78, 5) is 0. The van der Waals surface area contributed by atoms with Crippen molar-refractivity contribution in [2.24, 2.45) is 11.8 Å². The molecule has 1 N–H and O–H groups in total. The van der Waals surface area contributed by atoms with Gasteiger partial charge in [-0.25, -0.2) is 0 Å². The summed E-state index contributed by atoms with van der Waals surface area (Å²) in [5.74, 6) is 2.53. The van der Waals surface area contributed by atoms with Crippen LogP contribution < -0.4 is 10.1 Å². The summed E-state index contributed by atoms with van der Waals surface area (Å²) in [6, 6.07) is 0.369. The van der Waals surface area contributed by atoms with Crippen molar-refractivity contribution >= 4 is 0 Å². The molecule has 1 fully saturated rings. The Kier molecular flexibility index (Phi) is 5.46. The fraction of sp³-hybridized carbons (Fsp3) is 0.812. The molecule has 0 aliphatic heterocycles. The van der Waals surface area contributed by atoms with Crippen LogP contribution in [0.3, 0.4) is 0 Å². The maximum Gasteiger partial charge on any atom is 0.161 e. The summed E-state index contributed by atoms with van der Waals surface area (Å²) in [6.07, 6.45) is 7.17. The van der Waals surface area contributed by atoms with Crippen molar-refractivity contribution in [2.45, 2.75) is 59.0 Å². The Labute approximate surface area is 122 Å². The largest absolute Gasteiger partial charge is 0.493 e. The Morgan fingerprint density at radius 3 is 2.75 bits per heavy atom. The smallest absolute Gasteiger partial charge is 0.161 e. The number of aromatic nitrogens is 2. The molecule has 1 aliphatic carbocycles. The van der Waals surface area contributed by atoms with E-state index in [1.54, 1.807) is 7.11 Å². The molecule has 4 nitrogen and oxygen atoms in total. The van der Waals surface area contributed by atoms with E-state index >= 15 is 0 Å². The van der Waals surface area contributed by atoms with Gasteiger partial charge in [0.15, 0.2) is 5.75 Å². The molecule has 4 heteroatoms. The number of hydrogen-bond donors (Lipinski definition) is 1. The van der Waals surface area contributed by atoms with Crippen molar-refractivity contribution in [3.63, 3.8) is 0 Å². The molecule has 0 radical (unpaired) electrons. The topological polar surface area (TPSA) is 39.1 Å². The summed E-state index contributed by atoms with van der Waals surface area (Å²) < 4.78 is 7.63. The maximum atomic E-state index is 5.54. The lowest BCUT2D eigenvalue weighted by Gasteiger charge is -2.26. The van der Waals surface area contributed by atoms with Crippen LogP contribution in [0.25, 0.3) is 0 Å². The monoisotopic (exact) mass is 279 g/mol. The highest BCUT2D eigenvalue weighted by atomic mass is 16.5. The van der Waals surface area contributed by atoms with E-state index in [0.717, 1.165) is 24.8 Å². The number of nitrogens with one attached hydrogen (secondary N) is 1. The maximum absolute atomic E-state index is 5.54. The number of methoxy groups -OCH3 is 1. The first kappa shape index (κ1) is 15.4. The van der Waals surface area contributed by atoms with Crippen LogP contribution in [0.2, 0.25) is 0 Å². The minimum Gasteiger partial charge on any atom is -0.493 e. The molecule has 1 aromatic heterocycles. The van der Waals surface area contributed by atoms with Gasteiger partial charge in [0.2, 0.25) is 0 Å². The fourth-order valence-electron chi connectivity index (χ4n) is 3.59. The zero-order valence-electron chi connectivity index (χ0n) is 13.4. The lowest BCUT2D eigenvalue weighted by molar-refractivity contribution is 0.323. The van der Waals surface area contributed by atoms with Gasteiger partial charge in [-0.2, -0.15) is 5.10 Å². The van der Waals surface area contributed by atoms with Gasteiger partial charge in [-0.05, 0) is 38.1 Å². The summed E-state index contributed by atoms with van der Waals surface area (Å²) in [5.41, 5.74) is 1.23. The molecule has 2 rings (SSSR count). The van der Waals surface area contributed by atoms with Crippen molar-refractivity contribution in [3.05, 3.63) is 11.9 Å². The van der Waals surface area contributed by atoms with Gasteiger partial charge >= 0.3 is 0 Å². The molecular formula is C16H29N3O. The molecule has 20 heavy (non-hydrogen) atoms. The van der Waals surface area contributed by atoms with Gasteiger partial charge in [0.05, 0.1) is 25.0 Å². The predicted octanol–water partition coefficient (Wildman–Crippen LogP) is 3.39. The third kappa shape index (κ3) is 3.00. The van der Waals surface area contributed by atoms with Crippen molar-refractivity contribution < 1.29 is 4.74 Å². The first-order valence-corrected chi connectivity index (χ1v) is 8.08. The van der Waals surface area contributed by atoms with Crippen LogP contribution in [0, 0.1) is 11.8 Å². The average Bonchev–Trinajstić information content (AvgIpc) is 3.10. The Morgan fingerprint density at radius 1 is 1.40 bits per heavy atom. The number of rotatable bonds is 7. The molecule has 3 atom stereocenters. The normalized spacial score (nSPS) is 24.0. The van der Waals surface area contributed by atoms with Gasteiger partial charge in [0.1, 0.15) is 0 Å². The van der Waals surface area contributed by atoms with E-state index in [2.05, 4.69) is 35.9 Å². The van der Waals surface area contributed by atoms with E-state index in [4.69, 9.17) is 4.74 Å². The second-order valence-electron chi connectivity index (χ2n) is 5.80. The van der Waals surface area contributed by atoms with Crippen LogP contribution in [-0.2, 0) is 6.54 Å². The Hall–Kier alpha value is -1.03. The molecule has 1 aliphatic rings. The fourth-order valence-corrected chi connectivity index (χ4v) is 3.59. The SMILES string of the molecule is CCNC(c1c(OC)cnn1CC)C1CCC(CC)C1. The van der Waals surface area contributed by atoms with E-state index < -0.39 is 0 Å².